The number of hydrogen-bond acceptors (Lipinski definition) is 4. The fraction of sp³-hybridized carbons (Fsp3) is 0.636. The zero-order chi connectivity index (χ0) is 19.6. The van der Waals surface area contributed by atoms with Crippen LogP contribution in [0.3, 0.4) is 0 Å². The molecule has 0 aromatic heterocycles. The van der Waals surface area contributed by atoms with Crippen molar-refractivity contribution in [2.24, 2.45) is 5.41 Å². The molecule has 4 rings (SSSR count). The van der Waals surface area contributed by atoms with Crippen LogP contribution in [0, 0.1) is 5.41 Å². The molecular weight excluding hydrogens is 352 g/mol. The number of likely N-dealkylation sites (N-methyl/N-ethyl adjacent to an activating group) is 1. The summed E-state index contributed by atoms with van der Waals surface area (Å²) in [7, 11) is 2.15. The van der Waals surface area contributed by atoms with Crippen molar-refractivity contribution in [3.05, 3.63) is 24.3 Å². The minimum atomic E-state index is -0.854. The Morgan fingerprint density at radius 2 is 1.57 bits per heavy atom. The Hall–Kier alpha value is -2.08. The predicted octanol–water partition coefficient (Wildman–Crippen LogP) is 2.61. The normalized spacial score (nSPS) is 22.5. The van der Waals surface area contributed by atoms with Gasteiger partial charge in [0.25, 0.3) is 0 Å². The van der Waals surface area contributed by atoms with E-state index in [0.717, 1.165) is 44.7 Å². The topological polar surface area (TPSA) is 64.7 Å². The number of carbonyl (C=O) groups excluding carboxylic acids is 2. The lowest BCUT2D eigenvalue weighted by Gasteiger charge is -2.34. The third-order valence-electron chi connectivity index (χ3n) is 6.55. The van der Waals surface area contributed by atoms with Crippen molar-refractivity contribution in [1.29, 1.82) is 0 Å². The lowest BCUT2D eigenvalue weighted by atomic mass is 9.94. The predicted molar refractivity (Wildman–Crippen MR) is 111 cm³/mol. The average molecular weight is 385 g/mol. The summed E-state index contributed by atoms with van der Waals surface area (Å²) in [4.78, 5) is 30.2. The summed E-state index contributed by atoms with van der Waals surface area (Å²) >= 11 is 0. The molecule has 0 radical (unpaired) electrons. The third-order valence-corrected chi connectivity index (χ3v) is 6.55. The standard InChI is InChI=1S/C22H32N4O2/c1-25-13-15-26(16-14-25)19-9-7-18(8-10-19)24-21(28)22(11-12-22)20(27)23-17-5-3-2-4-6-17/h7-10,17H,2-6,11-16H2,1H3,(H,23,27)(H,24,28). The maximum Gasteiger partial charge on any atom is 0.240 e. The lowest BCUT2D eigenvalue weighted by molar-refractivity contribution is -0.135. The van der Waals surface area contributed by atoms with E-state index in [4.69, 9.17) is 0 Å². The van der Waals surface area contributed by atoms with E-state index < -0.39 is 5.41 Å². The van der Waals surface area contributed by atoms with Gasteiger partial charge < -0.3 is 20.4 Å². The van der Waals surface area contributed by atoms with E-state index in [1.54, 1.807) is 0 Å². The molecule has 0 atom stereocenters. The van der Waals surface area contributed by atoms with Crippen LogP contribution < -0.4 is 15.5 Å². The van der Waals surface area contributed by atoms with E-state index in [1.807, 2.05) is 12.1 Å². The van der Waals surface area contributed by atoms with Gasteiger partial charge in [-0.3, -0.25) is 9.59 Å². The van der Waals surface area contributed by atoms with Crippen LogP contribution in [-0.2, 0) is 9.59 Å². The number of nitrogens with zero attached hydrogens (tertiary/aromatic N) is 2. The molecule has 1 aromatic carbocycles. The lowest BCUT2D eigenvalue weighted by Crippen LogP contribution is -2.45. The number of rotatable bonds is 5. The summed E-state index contributed by atoms with van der Waals surface area (Å²) in [6, 6.07) is 8.25. The molecule has 28 heavy (non-hydrogen) atoms. The number of piperazine rings is 1. The van der Waals surface area contributed by atoms with Crippen molar-refractivity contribution >= 4 is 23.2 Å². The van der Waals surface area contributed by atoms with Gasteiger partial charge >= 0.3 is 0 Å². The first-order valence-corrected chi connectivity index (χ1v) is 10.7. The molecule has 2 amide bonds. The Labute approximate surface area is 167 Å². The molecule has 1 heterocycles. The molecule has 6 nitrogen and oxygen atoms in total. The zero-order valence-corrected chi connectivity index (χ0v) is 16.9. The third kappa shape index (κ3) is 4.17. The first-order chi connectivity index (χ1) is 13.6. The van der Waals surface area contributed by atoms with Gasteiger partial charge in [-0.15, -0.1) is 0 Å². The van der Waals surface area contributed by atoms with Gasteiger partial charge in [0.05, 0.1) is 0 Å². The molecule has 2 saturated carbocycles. The summed E-state index contributed by atoms with van der Waals surface area (Å²) in [5, 5.41) is 6.11. The SMILES string of the molecule is CN1CCN(c2ccc(NC(=O)C3(C(=O)NC4CCCCC4)CC3)cc2)CC1. The number of amides is 2. The van der Waals surface area contributed by atoms with Crippen LogP contribution in [0.4, 0.5) is 11.4 Å². The fourth-order valence-electron chi connectivity index (χ4n) is 4.32. The van der Waals surface area contributed by atoms with E-state index in [-0.39, 0.29) is 17.9 Å². The number of carbonyl (C=O) groups is 2. The maximum absolute atomic E-state index is 12.8. The minimum absolute atomic E-state index is 0.0778. The molecule has 0 spiro atoms. The monoisotopic (exact) mass is 384 g/mol. The molecule has 152 valence electrons. The quantitative estimate of drug-likeness (QED) is 0.766. The molecule has 2 N–H and O–H groups in total. The molecule has 3 aliphatic rings. The van der Waals surface area contributed by atoms with Gasteiger partial charge in [0.2, 0.25) is 11.8 Å². The molecule has 0 unspecified atom stereocenters. The zero-order valence-electron chi connectivity index (χ0n) is 16.9. The summed E-state index contributed by atoms with van der Waals surface area (Å²) in [5.41, 5.74) is 1.09. The van der Waals surface area contributed by atoms with Crippen LogP contribution in [0.1, 0.15) is 44.9 Å². The molecular formula is C22H32N4O2. The van der Waals surface area contributed by atoms with Gasteiger partial charge in [-0.05, 0) is 57.0 Å². The van der Waals surface area contributed by atoms with Gasteiger partial charge in [-0.2, -0.15) is 0 Å². The number of hydrogen-bond donors (Lipinski definition) is 2. The Bertz CT molecular complexity index is 700. The first-order valence-electron chi connectivity index (χ1n) is 10.7. The van der Waals surface area contributed by atoms with Crippen LogP contribution in [0.25, 0.3) is 0 Å². The average Bonchev–Trinajstić information content (AvgIpc) is 3.52. The van der Waals surface area contributed by atoms with Crippen LogP contribution in [0.2, 0.25) is 0 Å². The minimum Gasteiger partial charge on any atom is -0.369 e. The van der Waals surface area contributed by atoms with Gasteiger partial charge in [0, 0.05) is 43.6 Å². The maximum atomic E-state index is 12.8. The summed E-state index contributed by atoms with van der Waals surface area (Å²) < 4.78 is 0. The highest BCUT2D eigenvalue weighted by Gasteiger charge is 2.56. The van der Waals surface area contributed by atoms with Crippen molar-refractivity contribution in [3.8, 4) is 0 Å². The molecule has 1 aliphatic heterocycles. The molecule has 1 saturated heterocycles. The Balaban J connectivity index is 1.33. The Morgan fingerprint density at radius 3 is 2.18 bits per heavy atom. The summed E-state index contributed by atoms with van der Waals surface area (Å²) in [6.45, 7) is 4.17. The van der Waals surface area contributed by atoms with Gasteiger partial charge in [0.15, 0.2) is 0 Å². The van der Waals surface area contributed by atoms with Crippen molar-refractivity contribution in [1.82, 2.24) is 10.2 Å². The van der Waals surface area contributed by atoms with E-state index in [0.29, 0.717) is 12.8 Å². The highest BCUT2D eigenvalue weighted by atomic mass is 16.2. The number of benzene rings is 1. The van der Waals surface area contributed by atoms with Crippen LogP contribution in [0.5, 0.6) is 0 Å². The van der Waals surface area contributed by atoms with Crippen LogP contribution in [0.15, 0.2) is 24.3 Å². The molecule has 1 aromatic rings. The second kappa shape index (κ2) is 8.11. The fourth-order valence-corrected chi connectivity index (χ4v) is 4.32. The van der Waals surface area contributed by atoms with Crippen molar-refractivity contribution in [2.45, 2.75) is 51.0 Å². The van der Waals surface area contributed by atoms with Crippen LogP contribution >= 0.6 is 0 Å². The first kappa shape index (κ1) is 19.2. The molecule has 2 aliphatic carbocycles. The van der Waals surface area contributed by atoms with E-state index in [2.05, 4.69) is 39.6 Å². The van der Waals surface area contributed by atoms with Crippen molar-refractivity contribution in [2.75, 3.05) is 43.4 Å². The van der Waals surface area contributed by atoms with Crippen molar-refractivity contribution in [3.63, 3.8) is 0 Å². The van der Waals surface area contributed by atoms with Crippen molar-refractivity contribution < 1.29 is 9.59 Å². The van der Waals surface area contributed by atoms with E-state index in [9.17, 15) is 9.59 Å². The summed E-state index contributed by atoms with van der Waals surface area (Å²) in [6.07, 6.45) is 6.97. The van der Waals surface area contributed by atoms with E-state index >= 15 is 0 Å². The number of anilines is 2. The highest BCUT2D eigenvalue weighted by molar-refractivity contribution is 6.13. The highest BCUT2D eigenvalue weighted by Crippen LogP contribution is 2.47. The van der Waals surface area contributed by atoms with Crippen LogP contribution in [-0.4, -0.2) is 56.0 Å². The smallest absolute Gasteiger partial charge is 0.240 e. The Kier molecular flexibility index (Phi) is 5.58. The molecule has 3 fully saturated rings. The number of nitrogens with one attached hydrogen (secondary N) is 2. The van der Waals surface area contributed by atoms with Gasteiger partial charge in [-0.1, -0.05) is 19.3 Å². The molecule has 0 bridgehead atoms. The Morgan fingerprint density at radius 1 is 0.929 bits per heavy atom. The van der Waals surface area contributed by atoms with Gasteiger partial charge in [-0.25, -0.2) is 0 Å². The summed E-state index contributed by atoms with van der Waals surface area (Å²) in [5.74, 6) is -0.237. The van der Waals surface area contributed by atoms with E-state index in [1.165, 1.54) is 24.9 Å². The molecule has 6 heteroatoms. The van der Waals surface area contributed by atoms with Gasteiger partial charge in [0.1, 0.15) is 5.41 Å². The second-order valence-electron chi connectivity index (χ2n) is 8.68. The largest absolute Gasteiger partial charge is 0.369 e. The second-order valence-corrected chi connectivity index (χ2v) is 8.68.